The van der Waals surface area contributed by atoms with Crippen molar-refractivity contribution in [3.63, 3.8) is 0 Å². The molecular formula is C27H36O5. The van der Waals surface area contributed by atoms with E-state index in [9.17, 15) is 15.2 Å². The Kier molecular flexibility index (Phi) is 8.65. The van der Waals surface area contributed by atoms with Gasteiger partial charge in [-0.3, -0.25) is 4.79 Å². The van der Waals surface area contributed by atoms with Crippen LogP contribution in [0.2, 0.25) is 0 Å². The van der Waals surface area contributed by atoms with Gasteiger partial charge in [0.1, 0.15) is 18.6 Å². The molecule has 0 fully saturated rings. The Morgan fingerprint density at radius 3 is 2.09 bits per heavy atom. The van der Waals surface area contributed by atoms with E-state index < -0.39 is 6.10 Å². The standard InChI is InChI=1S/C27H36O5/c1-7-27(8-2,22-12-14-24(32-30)20(17-22)10-9-15-28)21-11-13-23(19(3)16-21)31-18-25(29)26(4,5)6/h9-17,25,29-30H,7-8,18H2,1-6H3/b10-9+. The van der Waals surface area contributed by atoms with E-state index in [4.69, 9.17) is 4.74 Å². The highest BCUT2D eigenvalue weighted by atomic mass is 17.1. The molecule has 32 heavy (non-hydrogen) atoms. The van der Waals surface area contributed by atoms with Crippen molar-refractivity contribution in [2.75, 3.05) is 6.61 Å². The van der Waals surface area contributed by atoms with Gasteiger partial charge in [-0.1, -0.05) is 52.8 Å². The van der Waals surface area contributed by atoms with Crippen molar-refractivity contribution in [3.05, 3.63) is 64.7 Å². The summed E-state index contributed by atoms with van der Waals surface area (Å²) in [5.41, 5.74) is 3.37. The van der Waals surface area contributed by atoms with Crippen molar-refractivity contribution < 1.29 is 24.8 Å². The third-order valence-corrected chi connectivity index (χ3v) is 6.35. The van der Waals surface area contributed by atoms with Crippen LogP contribution in [0.15, 0.2) is 42.5 Å². The molecule has 0 spiro atoms. The average molecular weight is 441 g/mol. The first-order valence-electron chi connectivity index (χ1n) is 11.1. The Morgan fingerprint density at radius 2 is 1.59 bits per heavy atom. The second kappa shape index (κ2) is 10.8. The number of ether oxygens (including phenoxy) is 1. The summed E-state index contributed by atoms with van der Waals surface area (Å²) in [7, 11) is 0. The van der Waals surface area contributed by atoms with Crippen LogP contribution in [-0.4, -0.2) is 29.4 Å². The van der Waals surface area contributed by atoms with Crippen LogP contribution in [-0.2, 0) is 10.2 Å². The zero-order chi connectivity index (χ0) is 23.9. The Bertz CT molecular complexity index is 936. The number of aliphatic hydroxyl groups is 1. The fourth-order valence-corrected chi connectivity index (χ4v) is 3.96. The van der Waals surface area contributed by atoms with E-state index >= 15 is 0 Å². The minimum atomic E-state index is -0.558. The lowest BCUT2D eigenvalue weighted by atomic mass is 9.70. The van der Waals surface area contributed by atoms with Gasteiger partial charge in [0.15, 0.2) is 5.75 Å². The average Bonchev–Trinajstić information content (AvgIpc) is 2.77. The summed E-state index contributed by atoms with van der Waals surface area (Å²) in [6, 6.07) is 11.8. The molecule has 0 saturated heterocycles. The van der Waals surface area contributed by atoms with Gasteiger partial charge in [0, 0.05) is 11.0 Å². The number of allylic oxidation sites excluding steroid dienone is 1. The maximum Gasteiger partial charge on any atom is 0.172 e. The molecule has 1 atom stereocenters. The van der Waals surface area contributed by atoms with Gasteiger partial charge in [-0.25, -0.2) is 5.26 Å². The summed E-state index contributed by atoms with van der Waals surface area (Å²) in [4.78, 5) is 15.3. The predicted molar refractivity (Wildman–Crippen MR) is 128 cm³/mol. The Hall–Kier alpha value is -2.63. The maximum atomic E-state index is 10.8. The number of carbonyl (C=O) groups excluding carboxylic acids is 1. The summed E-state index contributed by atoms with van der Waals surface area (Å²) in [6.45, 7) is 12.5. The molecule has 0 aliphatic rings. The Balaban J connectivity index is 2.44. The van der Waals surface area contributed by atoms with E-state index in [1.54, 1.807) is 12.1 Å². The molecule has 0 radical (unpaired) electrons. The molecule has 5 heteroatoms. The van der Waals surface area contributed by atoms with Gasteiger partial charge in [-0.15, -0.1) is 0 Å². The first kappa shape index (κ1) is 25.6. The van der Waals surface area contributed by atoms with Gasteiger partial charge in [-0.2, -0.15) is 0 Å². The zero-order valence-electron chi connectivity index (χ0n) is 20.0. The second-order valence-electron chi connectivity index (χ2n) is 9.30. The third kappa shape index (κ3) is 5.59. The molecule has 2 rings (SSSR count). The molecule has 0 heterocycles. The quantitative estimate of drug-likeness (QED) is 0.207. The highest BCUT2D eigenvalue weighted by molar-refractivity contribution is 5.75. The molecule has 2 aromatic rings. The molecule has 0 aliphatic carbocycles. The van der Waals surface area contributed by atoms with Gasteiger partial charge in [0.2, 0.25) is 0 Å². The van der Waals surface area contributed by atoms with Crippen molar-refractivity contribution in [1.29, 1.82) is 0 Å². The van der Waals surface area contributed by atoms with Crippen molar-refractivity contribution in [3.8, 4) is 11.5 Å². The highest BCUT2D eigenvalue weighted by Crippen LogP contribution is 2.42. The van der Waals surface area contributed by atoms with Crippen molar-refractivity contribution in [1.82, 2.24) is 0 Å². The monoisotopic (exact) mass is 440 g/mol. The molecule has 0 aliphatic heterocycles. The Morgan fingerprint density at radius 1 is 1.00 bits per heavy atom. The number of rotatable bonds is 10. The first-order chi connectivity index (χ1) is 15.1. The summed E-state index contributed by atoms with van der Waals surface area (Å²) < 4.78 is 5.92. The fourth-order valence-electron chi connectivity index (χ4n) is 3.96. The molecular weight excluding hydrogens is 404 g/mol. The summed E-state index contributed by atoms with van der Waals surface area (Å²) >= 11 is 0. The number of hydrogen-bond acceptors (Lipinski definition) is 5. The first-order valence-corrected chi connectivity index (χ1v) is 11.1. The largest absolute Gasteiger partial charge is 0.491 e. The molecule has 0 bridgehead atoms. The van der Waals surface area contributed by atoms with Gasteiger partial charge < -0.3 is 14.7 Å². The van der Waals surface area contributed by atoms with Crippen LogP contribution >= 0.6 is 0 Å². The fraction of sp³-hybridized carbons (Fsp3) is 0.444. The van der Waals surface area contributed by atoms with E-state index in [1.807, 2.05) is 45.9 Å². The summed E-state index contributed by atoms with van der Waals surface area (Å²) in [6.07, 6.45) is 4.87. The normalized spacial score (nSPS) is 13.2. The van der Waals surface area contributed by atoms with Crippen molar-refractivity contribution in [2.45, 2.75) is 65.9 Å². The van der Waals surface area contributed by atoms with Crippen molar-refractivity contribution >= 4 is 12.4 Å². The van der Waals surface area contributed by atoms with Crippen LogP contribution in [0.25, 0.3) is 6.08 Å². The minimum absolute atomic E-state index is 0.242. The van der Waals surface area contributed by atoms with Gasteiger partial charge in [-0.05, 0) is 72.2 Å². The number of aliphatic hydroxyl groups excluding tert-OH is 1. The SMILES string of the molecule is CCC(CC)(c1ccc(OCC(O)C(C)(C)C)c(C)c1)c1ccc(OO)c(/C=C/C=O)c1. The molecule has 5 nitrogen and oxygen atoms in total. The van der Waals surface area contributed by atoms with Crippen LogP contribution in [0.3, 0.4) is 0 Å². The topological polar surface area (TPSA) is 76.0 Å². The van der Waals surface area contributed by atoms with Crippen LogP contribution < -0.4 is 9.62 Å². The molecule has 0 aromatic heterocycles. The molecule has 0 amide bonds. The molecule has 2 aromatic carbocycles. The molecule has 174 valence electrons. The van der Waals surface area contributed by atoms with E-state index in [-0.39, 0.29) is 17.4 Å². The maximum absolute atomic E-state index is 10.8. The number of carbonyl (C=O) groups is 1. The van der Waals surface area contributed by atoms with Crippen molar-refractivity contribution in [2.24, 2.45) is 5.41 Å². The van der Waals surface area contributed by atoms with Crippen LogP contribution in [0.4, 0.5) is 0 Å². The van der Waals surface area contributed by atoms with Gasteiger partial charge in [0.25, 0.3) is 0 Å². The smallest absolute Gasteiger partial charge is 0.172 e. The summed E-state index contributed by atoms with van der Waals surface area (Å²) in [5.74, 6) is 1.06. The minimum Gasteiger partial charge on any atom is -0.491 e. The number of aryl methyl sites for hydroxylation is 1. The highest BCUT2D eigenvalue weighted by Gasteiger charge is 2.32. The van der Waals surface area contributed by atoms with Crippen LogP contribution in [0.5, 0.6) is 11.5 Å². The summed E-state index contributed by atoms with van der Waals surface area (Å²) in [5, 5.41) is 19.5. The van der Waals surface area contributed by atoms with Crippen LogP contribution in [0, 0.1) is 12.3 Å². The number of hydrogen-bond donors (Lipinski definition) is 2. The molecule has 2 N–H and O–H groups in total. The predicted octanol–water partition coefficient (Wildman–Crippen LogP) is 5.95. The molecule has 1 unspecified atom stereocenters. The van der Waals surface area contributed by atoms with Gasteiger partial charge >= 0.3 is 0 Å². The van der Waals surface area contributed by atoms with E-state index in [0.29, 0.717) is 17.6 Å². The van der Waals surface area contributed by atoms with Crippen LogP contribution in [0.1, 0.15) is 69.7 Å². The van der Waals surface area contributed by atoms with E-state index in [1.165, 1.54) is 6.08 Å². The van der Waals surface area contributed by atoms with E-state index in [2.05, 4.69) is 30.9 Å². The Labute approximate surface area is 191 Å². The molecule has 0 saturated carbocycles. The zero-order valence-corrected chi connectivity index (χ0v) is 20.0. The number of benzene rings is 2. The van der Waals surface area contributed by atoms with Gasteiger partial charge in [0.05, 0.1) is 6.10 Å². The lowest BCUT2D eigenvalue weighted by Crippen LogP contribution is -2.32. The van der Waals surface area contributed by atoms with E-state index in [0.717, 1.165) is 35.3 Å². The third-order valence-electron chi connectivity index (χ3n) is 6.35. The second-order valence-corrected chi connectivity index (χ2v) is 9.30. The lowest BCUT2D eigenvalue weighted by Gasteiger charge is -2.34. The number of aldehydes is 1. The lowest BCUT2D eigenvalue weighted by molar-refractivity contribution is -0.137.